The molecule has 0 saturated heterocycles. The van der Waals surface area contributed by atoms with Gasteiger partial charge in [0.15, 0.2) is 11.1 Å². The molecule has 2 aromatic heterocycles. The Hall–Kier alpha value is -3.98. The van der Waals surface area contributed by atoms with Crippen LogP contribution < -0.4 is 0 Å². The van der Waals surface area contributed by atoms with E-state index in [1.807, 2.05) is 10.2 Å². The molecule has 0 aromatic carbocycles. The van der Waals surface area contributed by atoms with E-state index in [1.165, 1.54) is 0 Å². The van der Waals surface area contributed by atoms with E-state index in [0.29, 0.717) is 0 Å². The maximum atomic E-state index is 10.8. The predicted molar refractivity (Wildman–Crippen MR) is 71.2 cm³/mol. The normalized spacial score (nSPS) is 10.5. The molecule has 0 atom stereocenters. The topological polar surface area (TPSA) is 230 Å². The van der Waals surface area contributed by atoms with E-state index in [0.717, 1.165) is 0 Å². The van der Waals surface area contributed by atoms with Crippen LogP contribution in [0.1, 0.15) is 11.1 Å². The molecule has 126 valence electrons. The molecule has 2 N–H and O–H groups in total. The first kappa shape index (κ1) is 16.4. The van der Waals surface area contributed by atoms with Crippen molar-refractivity contribution in [1.29, 1.82) is 0 Å². The van der Waals surface area contributed by atoms with Gasteiger partial charge < -0.3 is 40.5 Å². The first-order chi connectivity index (χ1) is 11.2. The van der Waals surface area contributed by atoms with E-state index in [4.69, 9.17) is 0 Å². The molecule has 0 spiro atoms. The molecule has 2 rings (SSSR count). The highest BCUT2D eigenvalue weighted by molar-refractivity contribution is 5.48. The van der Waals surface area contributed by atoms with Crippen molar-refractivity contribution in [3.05, 3.63) is 51.6 Å². The fourth-order valence-corrected chi connectivity index (χ4v) is 2.01. The smallest absolute Gasteiger partial charge is 0.358 e. The van der Waals surface area contributed by atoms with Crippen molar-refractivity contribution in [2.45, 2.75) is 12.8 Å². The van der Waals surface area contributed by atoms with Gasteiger partial charge in [-0.05, 0) is 42.7 Å². The second kappa shape index (κ2) is 6.02. The Bertz CT molecular complexity index is 719. The van der Waals surface area contributed by atoms with Crippen molar-refractivity contribution < 1.29 is 19.7 Å². The van der Waals surface area contributed by atoms with Crippen molar-refractivity contribution in [3.8, 4) is 0 Å². The van der Waals surface area contributed by atoms with Crippen LogP contribution >= 0.6 is 0 Å². The number of nitro groups is 4. The summed E-state index contributed by atoms with van der Waals surface area (Å²) in [7, 11) is 0. The zero-order valence-corrected chi connectivity index (χ0v) is 11.4. The third kappa shape index (κ3) is 2.82. The molecular formula is C8H6N8O8. The van der Waals surface area contributed by atoms with Crippen LogP contribution in [-0.2, 0) is 12.8 Å². The van der Waals surface area contributed by atoms with Crippen molar-refractivity contribution in [3.63, 3.8) is 0 Å². The summed E-state index contributed by atoms with van der Waals surface area (Å²) in [5.41, 5.74) is -0.871. The van der Waals surface area contributed by atoms with Gasteiger partial charge in [0.2, 0.25) is 0 Å². The molecule has 0 bridgehead atoms. The minimum Gasteiger partial charge on any atom is -0.358 e. The number of aromatic amines is 2. The fraction of sp³-hybridized carbons (Fsp3) is 0.250. The molecule has 0 amide bonds. The van der Waals surface area contributed by atoms with Gasteiger partial charge in [0, 0.05) is 0 Å². The number of hydrogen-bond donors (Lipinski definition) is 2. The number of nitrogens with one attached hydrogen (secondary N) is 2. The Labute approximate surface area is 129 Å². The van der Waals surface area contributed by atoms with Crippen molar-refractivity contribution in [2.24, 2.45) is 0 Å². The highest BCUT2D eigenvalue weighted by Crippen LogP contribution is 2.30. The molecule has 0 fully saturated rings. The first-order valence-corrected chi connectivity index (χ1v) is 5.96. The van der Waals surface area contributed by atoms with Crippen molar-refractivity contribution in [1.82, 2.24) is 20.4 Å². The van der Waals surface area contributed by atoms with Gasteiger partial charge in [-0.1, -0.05) is 0 Å². The molecule has 0 radical (unpaired) electrons. The van der Waals surface area contributed by atoms with Gasteiger partial charge in [0.05, 0.1) is 0 Å². The second-order valence-electron chi connectivity index (χ2n) is 4.28. The average molecular weight is 342 g/mol. The summed E-state index contributed by atoms with van der Waals surface area (Å²) in [6.45, 7) is 0. The zero-order chi connectivity index (χ0) is 18.0. The molecule has 2 heterocycles. The summed E-state index contributed by atoms with van der Waals surface area (Å²) in [5.74, 6) is -3.21. The van der Waals surface area contributed by atoms with E-state index >= 15 is 0 Å². The van der Waals surface area contributed by atoms with Gasteiger partial charge >= 0.3 is 23.3 Å². The Morgan fingerprint density at radius 1 is 0.667 bits per heavy atom. The summed E-state index contributed by atoms with van der Waals surface area (Å²) in [4.78, 5) is 39.5. The van der Waals surface area contributed by atoms with Crippen LogP contribution in [0.15, 0.2) is 0 Å². The largest absolute Gasteiger partial charge is 0.423 e. The number of nitrogens with zero attached hydrogens (tertiary/aromatic N) is 6. The van der Waals surface area contributed by atoms with Crippen LogP contribution in [0.3, 0.4) is 0 Å². The van der Waals surface area contributed by atoms with Crippen LogP contribution in [-0.4, -0.2) is 40.1 Å². The number of H-pyrrole nitrogens is 2. The SMILES string of the molecule is O=[N+]([O-])c1n[nH]c([N+](=O)[O-])c1CCc1c([N+](=O)[O-])n[nH]c1[N+](=O)[O-]. The first-order valence-electron chi connectivity index (χ1n) is 5.96. The highest BCUT2D eigenvalue weighted by atomic mass is 16.6. The van der Waals surface area contributed by atoms with Crippen molar-refractivity contribution in [2.75, 3.05) is 0 Å². The predicted octanol–water partition coefficient (Wildman–Crippen LogP) is 0.551. The van der Waals surface area contributed by atoms with Gasteiger partial charge in [0.1, 0.15) is 10.2 Å². The molecule has 24 heavy (non-hydrogen) atoms. The molecule has 2 aromatic rings. The van der Waals surface area contributed by atoms with E-state index < -0.39 is 66.9 Å². The lowest BCUT2D eigenvalue weighted by Gasteiger charge is -1.99. The highest BCUT2D eigenvalue weighted by Gasteiger charge is 2.35. The number of rotatable bonds is 7. The Morgan fingerprint density at radius 3 is 1.25 bits per heavy atom. The van der Waals surface area contributed by atoms with Crippen molar-refractivity contribution >= 4 is 23.3 Å². The maximum Gasteiger partial charge on any atom is 0.423 e. The Kier molecular flexibility index (Phi) is 4.11. The molecule has 0 aliphatic heterocycles. The van der Waals surface area contributed by atoms with Gasteiger partial charge in [-0.25, -0.2) is 0 Å². The fourth-order valence-electron chi connectivity index (χ4n) is 2.01. The van der Waals surface area contributed by atoms with Crippen LogP contribution in [0.4, 0.5) is 23.3 Å². The van der Waals surface area contributed by atoms with E-state index in [9.17, 15) is 40.5 Å². The Morgan fingerprint density at radius 2 is 1.00 bits per heavy atom. The average Bonchev–Trinajstić information content (AvgIpc) is 3.08. The van der Waals surface area contributed by atoms with Gasteiger partial charge in [-0.3, -0.25) is 0 Å². The maximum absolute atomic E-state index is 10.8. The molecular weight excluding hydrogens is 336 g/mol. The summed E-state index contributed by atoms with van der Waals surface area (Å²) in [6, 6.07) is 0. The summed E-state index contributed by atoms with van der Waals surface area (Å²) >= 11 is 0. The minimum atomic E-state index is -0.975. The Balaban J connectivity index is 2.42. The molecule has 16 heteroatoms. The van der Waals surface area contributed by atoms with E-state index in [-0.39, 0.29) is 0 Å². The summed E-state index contributed by atoms with van der Waals surface area (Å²) < 4.78 is 0. The quantitative estimate of drug-likeness (QED) is 0.523. The summed E-state index contributed by atoms with van der Waals surface area (Å²) in [5, 5.41) is 53.5. The molecule has 0 unspecified atom stereocenters. The second-order valence-corrected chi connectivity index (χ2v) is 4.28. The lowest BCUT2D eigenvalue weighted by atomic mass is 10.1. The minimum absolute atomic E-state index is 0.435. The molecule has 0 aliphatic carbocycles. The lowest BCUT2D eigenvalue weighted by molar-refractivity contribution is -0.396. The van der Waals surface area contributed by atoms with Gasteiger partial charge in [-0.15, -0.1) is 0 Å². The van der Waals surface area contributed by atoms with Crippen LogP contribution in [0, 0.1) is 40.5 Å². The number of hydrogen-bond acceptors (Lipinski definition) is 10. The van der Waals surface area contributed by atoms with Crippen LogP contribution in [0.2, 0.25) is 0 Å². The molecule has 0 saturated carbocycles. The third-order valence-electron chi connectivity index (χ3n) is 2.98. The monoisotopic (exact) mass is 342 g/mol. The van der Waals surface area contributed by atoms with E-state index in [2.05, 4.69) is 10.2 Å². The standard InChI is InChI=1S/C8H6N8O8/c17-13(18)5-3(6(10-9-5)14(19)20)1-2-4-7(15(21)22)11-12-8(4)16(23)24/h1-2H2,(H,9,10)(H,11,12). The summed E-state index contributed by atoms with van der Waals surface area (Å²) in [6.07, 6.45) is -0.936. The molecule has 16 nitrogen and oxygen atoms in total. The number of aromatic nitrogens is 4. The lowest BCUT2D eigenvalue weighted by Crippen LogP contribution is -2.02. The van der Waals surface area contributed by atoms with Gasteiger partial charge in [-0.2, -0.15) is 0 Å². The van der Waals surface area contributed by atoms with Crippen LogP contribution in [0.25, 0.3) is 0 Å². The van der Waals surface area contributed by atoms with Gasteiger partial charge in [0.25, 0.3) is 0 Å². The molecule has 0 aliphatic rings. The zero-order valence-electron chi connectivity index (χ0n) is 11.4. The van der Waals surface area contributed by atoms with E-state index in [1.54, 1.807) is 0 Å². The third-order valence-corrected chi connectivity index (χ3v) is 2.98. The van der Waals surface area contributed by atoms with Crippen LogP contribution in [0.5, 0.6) is 0 Å².